The minimum Gasteiger partial charge on any atom is -0.490 e. The Morgan fingerprint density at radius 2 is 1.93 bits per heavy atom. The molecule has 1 unspecified atom stereocenters. The number of Topliss-reactive ketones (excluding diaryl/α,β-unsaturated/α-hetero) is 1. The van der Waals surface area contributed by atoms with Crippen molar-refractivity contribution in [1.82, 2.24) is 14.8 Å². The van der Waals surface area contributed by atoms with Crippen molar-refractivity contribution in [1.29, 1.82) is 0 Å². The number of nitrogens with zero attached hydrogens (tertiary/aromatic N) is 3. The van der Waals surface area contributed by atoms with Crippen molar-refractivity contribution in [2.45, 2.75) is 56.7 Å². The van der Waals surface area contributed by atoms with Crippen molar-refractivity contribution in [2.24, 2.45) is 0 Å². The van der Waals surface area contributed by atoms with E-state index < -0.39 is 6.04 Å². The summed E-state index contributed by atoms with van der Waals surface area (Å²) in [6.45, 7) is 4.94. The molecule has 4 aromatic rings. The molecule has 1 N–H and O–H groups in total. The van der Waals surface area contributed by atoms with Crippen LogP contribution in [0, 0.1) is 6.92 Å². The number of fused-ring (bicyclic) bond motifs is 1. The van der Waals surface area contributed by atoms with Crippen LogP contribution in [0.25, 0.3) is 0 Å². The van der Waals surface area contributed by atoms with Gasteiger partial charge in [-0.05, 0) is 61.6 Å². The minimum atomic E-state index is -0.416. The van der Waals surface area contributed by atoms with Crippen LogP contribution in [0.4, 0.5) is 5.95 Å². The summed E-state index contributed by atoms with van der Waals surface area (Å²) in [5, 5.41) is 9.61. The maximum Gasteiger partial charge on any atom is 0.227 e. The van der Waals surface area contributed by atoms with Crippen molar-refractivity contribution in [3.05, 3.63) is 105 Å². The van der Waals surface area contributed by atoms with E-state index in [4.69, 9.17) is 31.2 Å². The third kappa shape index (κ3) is 5.85. The molecule has 2 heterocycles. The first-order chi connectivity index (χ1) is 20.0. The van der Waals surface area contributed by atoms with E-state index in [0.29, 0.717) is 48.0 Å². The van der Waals surface area contributed by atoms with Crippen molar-refractivity contribution < 1.29 is 14.3 Å². The van der Waals surface area contributed by atoms with E-state index in [2.05, 4.69) is 24.4 Å². The molecule has 2 aliphatic rings. The summed E-state index contributed by atoms with van der Waals surface area (Å²) in [4.78, 5) is 18.1. The maximum atomic E-state index is 13.3. The quantitative estimate of drug-likeness (QED) is 0.203. The van der Waals surface area contributed by atoms with Gasteiger partial charge in [0.1, 0.15) is 12.6 Å². The normalized spacial score (nSPS) is 16.2. The summed E-state index contributed by atoms with van der Waals surface area (Å²) in [7, 11) is 0. The molecule has 0 amide bonds. The molecule has 210 valence electrons. The summed E-state index contributed by atoms with van der Waals surface area (Å²) < 4.78 is 14.1. The molecule has 41 heavy (non-hydrogen) atoms. The van der Waals surface area contributed by atoms with Gasteiger partial charge in [0.15, 0.2) is 17.3 Å². The predicted octanol–water partition coefficient (Wildman–Crippen LogP) is 7.53. The number of nitrogens with one attached hydrogen (secondary N) is 1. The van der Waals surface area contributed by atoms with Crippen molar-refractivity contribution in [3.8, 4) is 11.5 Å². The van der Waals surface area contributed by atoms with Crippen LogP contribution in [0.15, 0.2) is 83.2 Å². The summed E-state index contributed by atoms with van der Waals surface area (Å²) >= 11 is 7.89. The average Bonchev–Trinajstić information content (AvgIpc) is 3.38. The molecule has 1 atom stereocenters. The van der Waals surface area contributed by atoms with E-state index in [1.165, 1.54) is 17.3 Å². The molecule has 0 spiro atoms. The number of allylic oxidation sites excluding steroid dienone is 2. The first kappa shape index (κ1) is 27.4. The van der Waals surface area contributed by atoms with E-state index in [1.54, 1.807) is 0 Å². The molecule has 0 bridgehead atoms. The van der Waals surface area contributed by atoms with Crippen molar-refractivity contribution in [3.63, 3.8) is 0 Å². The fourth-order valence-electron chi connectivity index (χ4n) is 5.31. The summed E-state index contributed by atoms with van der Waals surface area (Å²) in [5.41, 5.74) is 5.86. The predicted molar refractivity (Wildman–Crippen MR) is 162 cm³/mol. The number of ether oxygens (including phenoxy) is 2. The maximum absolute atomic E-state index is 13.3. The topological polar surface area (TPSA) is 78.3 Å². The van der Waals surface area contributed by atoms with Crippen LogP contribution in [0.2, 0.25) is 5.02 Å². The number of aromatic nitrogens is 3. The zero-order valence-electron chi connectivity index (χ0n) is 23.0. The highest BCUT2D eigenvalue weighted by Gasteiger charge is 2.37. The minimum absolute atomic E-state index is 0.132. The van der Waals surface area contributed by atoms with Crippen LogP contribution in [0.3, 0.4) is 0 Å². The molecule has 1 aliphatic heterocycles. The number of carbonyl (C=O) groups excluding carboxylic acids is 1. The lowest BCUT2D eigenvalue weighted by Crippen LogP contribution is -2.31. The van der Waals surface area contributed by atoms with Crippen LogP contribution in [-0.2, 0) is 17.2 Å². The van der Waals surface area contributed by atoms with Gasteiger partial charge in [0, 0.05) is 28.5 Å². The molecule has 0 radical (unpaired) electrons. The Balaban J connectivity index is 1.33. The highest BCUT2D eigenvalue weighted by atomic mass is 35.5. The van der Waals surface area contributed by atoms with Crippen LogP contribution in [0.1, 0.15) is 54.5 Å². The number of hydrogen-bond donors (Lipinski definition) is 1. The number of halogens is 1. The standard InChI is InChI=1S/C32H31ClN4O3S/c1-3-39-28-17-22(14-15-27(28)40-18-21-9-6-8-20(2)16-21)30-29-25(12-7-13-26(29)38)34-31-35-32(36-37(30)31)41-19-23-10-4-5-11-24(23)33/h4-6,8-11,14-17,30H,3,7,12-13,18-19H2,1-2H3,(H,34,35,36). The van der Waals surface area contributed by atoms with Gasteiger partial charge in [-0.1, -0.05) is 77.5 Å². The highest BCUT2D eigenvalue weighted by Crippen LogP contribution is 2.43. The molecule has 1 aromatic heterocycles. The second kappa shape index (κ2) is 12.0. The molecule has 6 rings (SSSR count). The van der Waals surface area contributed by atoms with Gasteiger partial charge in [-0.15, -0.1) is 5.10 Å². The largest absolute Gasteiger partial charge is 0.490 e. The van der Waals surface area contributed by atoms with E-state index in [9.17, 15) is 4.79 Å². The zero-order chi connectivity index (χ0) is 28.3. The first-order valence-electron chi connectivity index (χ1n) is 13.8. The SMILES string of the molecule is CCOc1cc(C2C3=C(CCCC3=O)Nc3nc(SCc4ccccc4Cl)nn32)ccc1OCc1cccc(C)c1. The van der Waals surface area contributed by atoms with Crippen LogP contribution >= 0.6 is 23.4 Å². The number of benzene rings is 3. The van der Waals surface area contributed by atoms with Gasteiger partial charge < -0.3 is 14.8 Å². The van der Waals surface area contributed by atoms with Crippen LogP contribution in [0.5, 0.6) is 11.5 Å². The number of ketones is 1. The highest BCUT2D eigenvalue weighted by molar-refractivity contribution is 7.98. The molecule has 7 nitrogen and oxygen atoms in total. The molecule has 3 aromatic carbocycles. The Bertz CT molecular complexity index is 1630. The lowest BCUT2D eigenvalue weighted by molar-refractivity contribution is -0.116. The fraction of sp³-hybridized carbons (Fsp3) is 0.281. The second-order valence-electron chi connectivity index (χ2n) is 10.2. The number of thioether (sulfide) groups is 1. The van der Waals surface area contributed by atoms with Gasteiger partial charge in [0.25, 0.3) is 0 Å². The average molecular weight is 587 g/mol. The summed E-state index contributed by atoms with van der Waals surface area (Å²) in [6, 6.07) is 21.5. The van der Waals surface area contributed by atoms with Gasteiger partial charge in [-0.2, -0.15) is 4.98 Å². The molecule has 0 saturated heterocycles. The van der Waals surface area contributed by atoms with E-state index >= 15 is 0 Å². The van der Waals surface area contributed by atoms with Crippen molar-refractivity contribution >= 4 is 35.1 Å². The monoisotopic (exact) mass is 586 g/mol. The van der Waals surface area contributed by atoms with Gasteiger partial charge in [-0.25, -0.2) is 4.68 Å². The van der Waals surface area contributed by atoms with E-state index in [-0.39, 0.29) is 5.78 Å². The first-order valence-corrected chi connectivity index (χ1v) is 15.2. The molecule has 1 aliphatic carbocycles. The fourth-order valence-corrected chi connectivity index (χ4v) is 6.42. The number of rotatable bonds is 9. The van der Waals surface area contributed by atoms with Gasteiger partial charge in [0.2, 0.25) is 11.1 Å². The third-order valence-electron chi connectivity index (χ3n) is 7.22. The Morgan fingerprint density at radius 3 is 2.76 bits per heavy atom. The number of aryl methyl sites for hydroxylation is 1. The van der Waals surface area contributed by atoms with Gasteiger partial charge in [-0.3, -0.25) is 4.79 Å². The van der Waals surface area contributed by atoms with Crippen LogP contribution < -0.4 is 14.8 Å². The second-order valence-corrected chi connectivity index (χ2v) is 11.5. The Hall–Kier alpha value is -3.75. The lowest BCUT2D eigenvalue weighted by atomic mass is 9.85. The molecule has 9 heteroatoms. The zero-order valence-corrected chi connectivity index (χ0v) is 24.6. The third-order valence-corrected chi connectivity index (χ3v) is 8.48. The number of carbonyl (C=O) groups is 1. The molecular formula is C32H31ClN4O3S. The summed E-state index contributed by atoms with van der Waals surface area (Å²) in [6.07, 6.45) is 2.13. The lowest BCUT2D eigenvalue weighted by Gasteiger charge is -2.32. The summed E-state index contributed by atoms with van der Waals surface area (Å²) in [5.74, 6) is 2.69. The van der Waals surface area contributed by atoms with E-state index in [0.717, 1.165) is 45.8 Å². The van der Waals surface area contributed by atoms with Gasteiger partial charge >= 0.3 is 0 Å². The molecular weight excluding hydrogens is 556 g/mol. The number of anilines is 1. The smallest absolute Gasteiger partial charge is 0.227 e. The Labute approximate surface area is 248 Å². The van der Waals surface area contributed by atoms with Crippen molar-refractivity contribution in [2.75, 3.05) is 11.9 Å². The van der Waals surface area contributed by atoms with Crippen LogP contribution in [-0.4, -0.2) is 27.2 Å². The van der Waals surface area contributed by atoms with E-state index in [1.807, 2.05) is 66.2 Å². The van der Waals surface area contributed by atoms with Gasteiger partial charge in [0.05, 0.1) is 6.61 Å². The number of hydrogen-bond acceptors (Lipinski definition) is 7. The molecule has 0 fully saturated rings. The Kier molecular flexibility index (Phi) is 8.03. The Morgan fingerprint density at radius 1 is 1.05 bits per heavy atom. The molecule has 0 saturated carbocycles.